The van der Waals surface area contributed by atoms with Crippen LogP contribution in [-0.2, 0) is 37.9 Å². The van der Waals surface area contributed by atoms with E-state index in [1.807, 2.05) is 27.7 Å². The van der Waals surface area contributed by atoms with Gasteiger partial charge in [-0.1, -0.05) is 55.4 Å². The minimum Gasteiger partial charge on any atom is -0.382 e. The molecule has 0 amide bonds. The Labute approximate surface area is 282 Å². The van der Waals surface area contributed by atoms with Crippen molar-refractivity contribution < 1.29 is 37.9 Å². The normalized spacial score (nSPS) is 10.9. The zero-order valence-corrected chi connectivity index (χ0v) is 32.4. The van der Waals surface area contributed by atoms with E-state index in [9.17, 15) is 0 Å². The largest absolute Gasteiger partial charge is 0.382 e. The van der Waals surface area contributed by atoms with Gasteiger partial charge in [-0.2, -0.15) is 0 Å². The molecular weight excluding hydrogens is 572 g/mol. The first-order valence-electron chi connectivity index (χ1n) is 18.2. The summed E-state index contributed by atoms with van der Waals surface area (Å²) in [6, 6.07) is 0. The van der Waals surface area contributed by atoms with E-state index in [0.29, 0.717) is 5.92 Å². The van der Waals surface area contributed by atoms with E-state index in [1.54, 1.807) is 0 Å². The maximum atomic E-state index is 5.45. The predicted molar refractivity (Wildman–Crippen MR) is 192 cm³/mol. The van der Waals surface area contributed by atoms with E-state index in [2.05, 4.69) is 55.4 Å². The molecule has 0 radical (unpaired) electrons. The van der Waals surface area contributed by atoms with Crippen LogP contribution in [0, 0.1) is 23.7 Å². The predicted octanol–water partition coefficient (Wildman–Crippen LogP) is 8.73. The lowest BCUT2D eigenvalue weighted by molar-refractivity contribution is 0.0422. The van der Waals surface area contributed by atoms with Crippen LogP contribution in [0.1, 0.15) is 115 Å². The second kappa shape index (κ2) is 48.1. The molecule has 0 unspecified atom stereocenters. The number of ether oxygens (including phenoxy) is 8. The van der Waals surface area contributed by atoms with E-state index in [4.69, 9.17) is 37.9 Å². The summed E-state index contributed by atoms with van der Waals surface area (Å²) in [6.07, 6.45) is 5.77. The fourth-order valence-electron chi connectivity index (χ4n) is 3.05. The van der Waals surface area contributed by atoms with E-state index in [1.165, 1.54) is 12.8 Å². The molecule has 0 heterocycles. The Bertz CT molecular complexity index is 442. The summed E-state index contributed by atoms with van der Waals surface area (Å²) in [7, 11) is 0. The van der Waals surface area contributed by atoms with Gasteiger partial charge in [-0.05, 0) is 83.5 Å². The molecule has 0 aromatic carbocycles. The van der Waals surface area contributed by atoms with Gasteiger partial charge in [0.15, 0.2) is 0 Å². The van der Waals surface area contributed by atoms with Gasteiger partial charge in [0.05, 0.1) is 39.6 Å². The van der Waals surface area contributed by atoms with Crippen molar-refractivity contribution in [2.75, 3.05) is 106 Å². The fraction of sp³-hybridized carbons (Fsp3) is 1.00. The lowest BCUT2D eigenvalue weighted by atomic mass is 10.1. The highest BCUT2D eigenvalue weighted by molar-refractivity contribution is 4.45. The third kappa shape index (κ3) is 71.1. The highest BCUT2D eigenvalue weighted by atomic mass is 16.5. The van der Waals surface area contributed by atoms with Gasteiger partial charge >= 0.3 is 0 Å². The topological polar surface area (TPSA) is 73.8 Å². The summed E-state index contributed by atoms with van der Waals surface area (Å²) in [5, 5.41) is 0. The molecule has 8 heteroatoms. The van der Waals surface area contributed by atoms with Crippen LogP contribution >= 0.6 is 0 Å². The first-order valence-corrected chi connectivity index (χ1v) is 18.2. The molecule has 0 aliphatic carbocycles. The molecule has 0 N–H and O–H groups in total. The third-order valence-electron chi connectivity index (χ3n) is 5.71. The van der Waals surface area contributed by atoms with Crippen LogP contribution in [0.25, 0.3) is 0 Å². The van der Waals surface area contributed by atoms with Crippen LogP contribution in [-0.4, -0.2) is 106 Å². The molecule has 0 saturated heterocycles. The Balaban J connectivity index is -0.000000250. The molecule has 0 fully saturated rings. The summed E-state index contributed by atoms with van der Waals surface area (Å²) in [5.74, 6) is 2.90. The maximum absolute atomic E-state index is 5.45. The summed E-state index contributed by atoms with van der Waals surface area (Å²) in [6.45, 7) is 38.3. The second-order valence-corrected chi connectivity index (χ2v) is 12.3. The minimum absolute atomic E-state index is 0.627. The summed E-state index contributed by atoms with van der Waals surface area (Å²) >= 11 is 0. The molecule has 0 saturated carbocycles. The highest BCUT2D eigenvalue weighted by Crippen LogP contribution is 2.03. The van der Waals surface area contributed by atoms with Crippen LogP contribution in [0.2, 0.25) is 0 Å². The van der Waals surface area contributed by atoms with Crippen molar-refractivity contribution in [3.8, 4) is 0 Å². The van der Waals surface area contributed by atoms with Crippen molar-refractivity contribution in [1.29, 1.82) is 0 Å². The zero-order valence-electron chi connectivity index (χ0n) is 32.4. The van der Waals surface area contributed by atoms with Crippen molar-refractivity contribution in [2.24, 2.45) is 23.7 Å². The SMILES string of the molecule is CCOCCCOCCCC(C)C.CCOCCOCC(C)C.CCOCCOCCC(C)C.CCOCCOCCC(C)C. The molecular formula is C37H82O8. The van der Waals surface area contributed by atoms with Gasteiger partial charge in [0.2, 0.25) is 0 Å². The van der Waals surface area contributed by atoms with Gasteiger partial charge in [0.25, 0.3) is 0 Å². The van der Waals surface area contributed by atoms with Crippen molar-refractivity contribution in [3.63, 3.8) is 0 Å². The number of hydrogen-bond acceptors (Lipinski definition) is 8. The summed E-state index contributed by atoms with van der Waals surface area (Å²) < 4.78 is 41.9. The number of hydrogen-bond donors (Lipinski definition) is 0. The molecule has 0 aliphatic rings. The first-order chi connectivity index (χ1) is 21.6. The zero-order chi connectivity index (χ0) is 34.8. The monoisotopic (exact) mass is 655 g/mol. The lowest BCUT2D eigenvalue weighted by Gasteiger charge is -2.05. The van der Waals surface area contributed by atoms with E-state index in [-0.39, 0.29) is 0 Å². The van der Waals surface area contributed by atoms with Crippen molar-refractivity contribution in [2.45, 2.75) is 115 Å². The highest BCUT2D eigenvalue weighted by Gasteiger charge is 1.96. The van der Waals surface area contributed by atoms with Gasteiger partial charge in [0, 0.05) is 66.1 Å². The fourth-order valence-corrected chi connectivity index (χ4v) is 3.05. The molecule has 0 rings (SSSR count). The van der Waals surface area contributed by atoms with E-state index < -0.39 is 0 Å². The average molecular weight is 655 g/mol. The van der Waals surface area contributed by atoms with Gasteiger partial charge in [-0.15, -0.1) is 0 Å². The Hall–Kier alpha value is -0.320. The Kier molecular flexibility index (Phi) is 55.0. The van der Waals surface area contributed by atoms with Crippen LogP contribution in [0.5, 0.6) is 0 Å². The van der Waals surface area contributed by atoms with Crippen LogP contribution in [0.3, 0.4) is 0 Å². The molecule has 0 atom stereocenters. The number of rotatable bonds is 29. The Morgan fingerprint density at radius 2 is 0.600 bits per heavy atom. The van der Waals surface area contributed by atoms with Crippen molar-refractivity contribution >= 4 is 0 Å². The van der Waals surface area contributed by atoms with Gasteiger partial charge < -0.3 is 37.9 Å². The lowest BCUT2D eigenvalue weighted by Crippen LogP contribution is -2.08. The molecule has 45 heavy (non-hydrogen) atoms. The van der Waals surface area contributed by atoms with Gasteiger partial charge in [0.1, 0.15) is 0 Å². The molecule has 8 nitrogen and oxygen atoms in total. The third-order valence-corrected chi connectivity index (χ3v) is 5.71. The van der Waals surface area contributed by atoms with Crippen LogP contribution < -0.4 is 0 Å². The van der Waals surface area contributed by atoms with Crippen LogP contribution in [0.15, 0.2) is 0 Å². The first kappa shape index (κ1) is 51.5. The Morgan fingerprint density at radius 3 is 0.978 bits per heavy atom. The molecule has 278 valence electrons. The molecule has 0 aromatic rings. The van der Waals surface area contributed by atoms with Crippen molar-refractivity contribution in [3.05, 3.63) is 0 Å². The smallest absolute Gasteiger partial charge is 0.0700 e. The molecule has 0 spiro atoms. The quantitative estimate of drug-likeness (QED) is 0.0742. The second-order valence-electron chi connectivity index (χ2n) is 12.3. The average Bonchev–Trinajstić information content (AvgIpc) is 2.98. The van der Waals surface area contributed by atoms with Gasteiger partial charge in [-0.3, -0.25) is 0 Å². The van der Waals surface area contributed by atoms with E-state index in [0.717, 1.165) is 143 Å². The van der Waals surface area contributed by atoms with E-state index >= 15 is 0 Å². The summed E-state index contributed by atoms with van der Waals surface area (Å²) in [4.78, 5) is 0. The minimum atomic E-state index is 0.627. The standard InChI is InChI=1S/C11H24O2.2C9H20O2.C8H18O2/c1-4-12-9-6-10-13-8-5-7-11(2)3;2*1-4-10-7-8-11-6-5-9(2)3;1-4-9-5-6-10-7-8(2)3/h11H,4-10H2,1-3H3;2*9H,4-8H2,1-3H3;8H,4-7H2,1-3H3. The molecule has 0 bridgehead atoms. The molecule has 0 aromatic heterocycles. The van der Waals surface area contributed by atoms with Crippen LogP contribution in [0.4, 0.5) is 0 Å². The van der Waals surface area contributed by atoms with Gasteiger partial charge in [-0.25, -0.2) is 0 Å². The Morgan fingerprint density at radius 1 is 0.289 bits per heavy atom. The molecule has 0 aliphatic heterocycles. The van der Waals surface area contributed by atoms with Crippen molar-refractivity contribution in [1.82, 2.24) is 0 Å². The summed E-state index contributed by atoms with van der Waals surface area (Å²) in [5.41, 5.74) is 0. The maximum Gasteiger partial charge on any atom is 0.0700 e.